The molecule has 0 saturated heterocycles. The van der Waals surface area contributed by atoms with Crippen molar-refractivity contribution in [3.63, 3.8) is 0 Å². The van der Waals surface area contributed by atoms with Gasteiger partial charge in [0.05, 0.1) is 12.5 Å². The maximum Gasteiger partial charge on any atom is 0.326 e. The Labute approximate surface area is 217 Å². The van der Waals surface area contributed by atoms with Crippen molar-refractivity contribution < 1.29 is 44.4 Å². The molecule has 0 aliphatic rings. The van der Waals surface area contributed by atoms with Gasteiger partial charge >= 0.3 is 11.9 Å². The number of nitrogens with two attached hydrogens (primary N) is 1. The Balaban J connectivity index is 2.17. The predicted octanol–water partition coefficient (Wildman–Crippen LogP) is -0.756. The summed E-state index contributed by atoms with van der Waals surface area (Å²) >= 11 is 0. The van der Waals surface area contributed by atoms with E-state index in [4.69, 9.17) is 10.8 Å². The molecule has 0 fully saturated rings. The highest BCUT2D eigenvalue weighted by molar-refractivity contribution is 5.94. The van der Waals surface area contributed by atoms with Gasteiger partial charge in [-0.05, 0) is 42.3 Å². The van der Waals surface area contributed by atoms with Crippen molar-refractivity contribution >= 4 is 29.7 Å². The zero-order chi connectivity index (χ0) is 28.4. The van der Waals surface area contributed by atoms with Crippen LogP contribution in [0.4, 0.5) is 0 Å². The molecule has 0 bridgehead atoms. The fraction of sp³-hybridized carbons (Fsp3) is 0.320. The summed E-state index contributed by atoms with van der Waals surface area (Å²) in [7, 11) is 0. The number of rotatable bonds is 13. The minimum Gasteiger partial charge on any atom is -0.508 e. The Kier molecular flexibility index (Phi) is 10.6. The molecule has 0 aromatic heterocycles. The number of nitrogens with one attached hydrogen (secondary N) is 3. The highest BCUT2D eigenvalue weighted by Gasteiger charge is 2.29. The molecule has 13 nitrogen and oxygen atoms in total. The van der Waals surface area contributed by atoms with Crippen LogP contribution in [0.2, 0.25) is 0 Å². The van der Waals surface area contributed by atoms with Crippen LogP contribution in [-0.2, 0) is 36.8 Å². The van der Waals surface area contributed by atoms with Crippen LogP contribution < -0.4 is 21.7 Å². The minimum absolute atomic E-state index is 0.00791. The number of benzene rings is 2. The molecule has 0 saturated carbocycles. The highest BCUT2D eigenvalue weighted by atomic mass is 16.4. The van der Waals surface area contributed by atoms with Crippen molar-refractivity contribution in [2.75, 3.05) is 0 Å². The van der Waals surface area contributed by atoms with Crippen molar-refractivity contribution in [2.45, 2.75) is 50.4 Å². The SMILES string of the molecule is CC(NC(=O)C(N)CC(=O)O)C(=O)NC(Cc1ccc(O)cc1)C(=O)NC(Cc1ccc(O)cc1)C(=O)O. The van der Waals surface area contributed by atoms with E-state index < -0.39 is 60.2 Å². The van der Waals surface area contributed by atoms with E-state index >= 15 is 0 Å². The third kappa shape index (κ3) is 9.43. The molecular formula is C25H30N4O9. The summed E-state index contributed by atoms with van der Waals surface area (Å²) in [5.74, 6) is -5.15. The summed E-state index contributed by atoms with van der Waals surface area (Å²) in [5.41, 5.74) is 6.57. The van der Waals surface area contributed by atoms with E-state index in [1.54, 1.807) is 0 Å². The molecule has 4 atom stereocenters. The number of phenolic OH excluding ortho intramolecular Hbond substituents is 2. The lowest BCUT2D eigenvalue weighted by atomic mass is 10.0. The van der Waals surface area contributed by atoms with Gasteiger partial charge in [-0.15, -0.1) is 0 Å². The lowest BCUT2D eigenvalue weighted by Crippen LogP contribution is -2.57. The third-order valence-electron chi connectivity index (χ3n) is 5.48. The van der Waals surface area contributed by atoms with Gasteiger partial charge in [0.15, 0.2) is 0 Å². The molecule has 38 heavy (non-hydrogen) atoms. The van der Waals surface area contributed by atoms with Crippen LogP contribution in [0.15, 0.2) is 48.5 Å². The van der Waals surface area contributed by atoms with Crippen molar-refractivity contribution in [1.29, 1.82) is 0 Å². The summed E-state index contributed by atoms with van der Waals surface area (Å²) in [6.07, 6.45) is -0.832. The van der Waals surface area contributed by atoms with Crippen LogP contribution in [0.3, 0.4) is 0 Å². The van der Waals surface area contributed by atoms with Gasteiger partial charge in [0.2, 0.25) is 17.7 Å². The second kappa shape index (κ2) is 13.6. The van der Waals surface area contributed by atoms with Gasteiger partial charge in [-0.25, -0.2) is 4.79 Å². The molecule has 9 N–H and O–H groups in total. The maximum atomic E-state index is 13.1. The summed E-state index contributed by atoms with van der Waals surface area (Å²) in [6.45, 7) is 1.31. The largest absolute Gasteiger partial charge is 0.508 e. The molecule has 0 spiro atoms. The standard InChI is InChI=1S/C25H30N4O9/c1-13(27-23(35)18(26)12-21(32)33)22(34)28-19(10-14-2-6-16(30)7-3-14)24(36)29-20(25(37)38)11-15-4-8-17(31)9-5-15/h2-9,13,18-20,30-31H,10-12,26H2,1H3,(H,27,35)(H,28,34)(H,29,36)(H,32,33)(H,37,38). The molecule has 2 aromatic carbocycles. The summed E-state index contributed by atoms with van der Waals surface area (Å²) in [6, 6.07) is 6.32. The van der Waals surface area contributed by atoms with Gasteiger partial charge in [-0.2, -0.15) is 0 Å². The minimum atomic E-state index is -1.39. The van der Waals surface area contributed by atoms with E-state index in [0.29, 0.717) is 11.1 Å². The third-order valence-corrected chi connectivity index (χ3v) is 5.48. The van der Waals surface area contributed by atoms with Gasteiger partial charge in [0.25, 0.3) is 0 Å². The summed E-state index contributed by atoms with van der Waals surface area (Å²) < 4.78 is 0. The van der Waals surface area contributed by atoms with Crippen LogP contribution in [-0.4, -0.2) is 74.3 Å². The molecule has 2 aromatic rings. The van der Waals surface area contributed by atoms with Crippen molar-refractivity contribution in [3.05, 3.63) is 59.7 Å². The number of hydrogen-bond acceptors (Lipinski definition) is 8. The van der Waals surface area contributed by atoms with Gasteiger partial charge in [0, 0.05) is 12.8 Å². The molecule has 0 heterocycles. The Morgan fingerprint density at radius 3 is 1.61 bits per heavy atom. The number of aromatic hydroxyl groups is 2. The zero-order valence-electron chi connectivity index (χ0n) is 20.5. The van der Waals surface area contributed by atoms with Gasteiger partial charge < -0.3 is 42.1 Å². The zero-order valence-corrected chi connectivity index (χ0v) is 20.5. The van der Waals surface area contributed by atoms with E-state index in [1.807, 2.05) is 0 Å². The van der Waals surface area contributed by atoms with Crippen molar-refractivity contribution in [2.24, 2.45) is 5.73 Å². The molecule has 0 aliphatic carbocycles. The topological polar surface area (TPSA) is 228 Å². The van der Waals surface area contributed by atoms with Crippen LogP contribution >= 0.6 is 0 Å². The first-order valence-corrected chi connectivity index (χ1v) is 11.5. The Hall–Kier alpha value is -4.65. The molecule has 3 amide bonds. The van der Waals surface area contributed by atoms with E-state index in [2.05, 4.69) is 16.0 Å². The summed E-state index contributed by atoms with van der Waals surface area (Å²) in [4.78, 5) is 60.6. The van der Waals surface area contributed by atoms with E-state index in [0.717, 1.165) is 0 Å². The summed E-state index contributed by atoms with van der Waals surface area (Å²) in [5, 5.41) is 44.5. The number of aliphatic carboxylic acids is 2. The Morgan fingerprint density at radius 2 is 1.16 bits per heavy atom. The predicted molar refractivity (Wildman–Crippen MR) is 133 cm³/mol. The molecule has 2 rings (SSSR count). The quantitative estimate of drug-likeness (QED) is 0.161. The normalized spacial score (nSPS) is 13.8. The first-order chi connectivity index (χ1) is 17.8. The highest BCUT2D eigenvalue weighted by Crippen LogP contribution is 2.13. The van der Waals surface area contributed by atoms with Crippen LogP contribution in [0, 0.1) is 0 Å². The second-order valence-corrected chi connectivity index (χ2v) is 8.64. The number of amides is 3. The van der Waals surface area contributed by atoms with Gasteiger partial charge in [0.1, 0.15) is 29.6 Å². The average Bonchev–Trinajstić information content (AvgIpc) is 2.85. The molecule has 0 radical (unpaired) electrons. The monoisotopic (exact) mass is 530 g/mol. The average molecular weight is 531 g/mol. The molecule has 0 aliphatic heterocycles. The maximum absolute atomic E-state index is 13.1. The van der Waals surface area contributed by atoms with E-state index in [-0.39, 0.29) is 24.3 Å². The lowest BCUT2D eigenvalue weighted by Gasteiger charge is -2.24. The van der Waals surface area contributed by atoms with Gasteiger partial charge in [-0.3, -0.25) is 19.2 Å². The van der Waals surface area contributed by atoms with E-state index in [1.165, 1.54) is 55.5 Å². The number of hydrogen-bond donors (Lipinski definition) is 8. The second-order valence-electron chi connectivity index (χ2n) is 8.64. The Morgan fingerprint density at radius 1 is 0.711 bits per heavy atom. The number of carboxylic acids is 2. The van der Waals surface area contributed by atoms with Crippen LogP contribution in [0.25, 0.3) is 0 Å². The molecule has 13 heteroatoms. The number of phenols is 2. The van der Waals surface area contributed by atoms with Crippen molar-refractivity contribution in [3.8, 4) is 11.5 Å². The first-order valence-electron chi connectivity index (χ1n) is 11.5. The first kappa shape index (κ1) is 29.6. The number of carbonyl (C=O) groups excluding carboxylic acids is 3. The Bertz CT molecular complexity index is 1150. The smallest absolute Gasteiger partial charge is 0.326 e. The van der Waals surface area contributed by atoms with Gasteiger partial charge in [-0.1, -0.05) is 24.3 Å². The molecule has 204 valence electrons. The lowest BCUT2D eigenvalue weighted by molar-refractivity contribution is -0.142. The van der Waals surface area contributed by atoms with Crippen molar-refractivity contribution in [1.82, 2.24) is 16.0 Å². The number of carboxylic acid groups (broad SMARTS) is 2. The fourth-order valence-corrected chi connectivity index (χ4v) is 3.38. The molecular weight excluding hydrogens is 500 g/mol. The van der Waals surface area contributed by atoms with E-state index in [9.17, 15) is 39.3 Å². The molecule has 4 unspecified atom stereocenters. The van der Waals surface area contributed by atoms with Crippen LogP contribution in [0.5, 0.6) is 11.5 Å². The van der Waals surface area contributed by atoms with Crippen LogP contribution in [0.1, 0.15) is 24.5 Å². The number of carbonyl (C=O) groups is 5. The fourth-order valence-electron chi connectivity index (χ4n) is 3.38.